The third-order valence-electron chi connectivity index (χ3n) is 5.24. The number of aromatic nitrogens is 4. The summed E-state index contributed by atoms with van der Waals surface area (Å²) in [5.74, 6) is -6.46. The predicted octanol–water partition coefficient (Wildman–Crippen LogP) is -3.48. The Balaban J connectivity index is 2.13. The van der Waals surface area contributed by atoms with Crippen LogP contribution in [0.5, 0.6) is 0 Å². The highest BCUT2D eigenvalue weighted by molar-refractivity contribution is 5.96. The van der Waals surface area contributed by atoms with E-state index in [0.717, 1.165) is 0 Å². The molecule has 0 spiro atoms. The normalized spacial score (nSPS) is 13.9. The molecule has 0 saturated heterocycles. The fourth-order valence-corrected chi connectivity index (χ4v) is 3.31. The molecule has 4 atom stereocenters. The predicted molar refractivity (Wildman–Crippen MR) is 127 cm³/mol. The third-order valence-corrected chi connectivity index (χ3v) is 5.24. The molecule has 0 aliphatic rings. The van der Waals surface area contributed by atoms with Gasteiger partial charge >= 0.3 is 11.9 Å². The second kappa shape index (κ2) is 14.1. The molecule has 0 aromatic carbocycles. The van der Waals surface area contributed by atoms with Crippen molar-refractivity contribution in [2.75, 3.05) is 0 Å². The lowest BCUT2D eigenvalue weighted by Gasteiger charge is -2.24. The summed E-state index contributed by atoms with van der Waals surface area (Å²) < 4.78 is 0. The Morgan fingerprint density at radius 2 is 1.34 bits per heavy atom. The number of hydrogen-bond donors (Lipinski definition) is 9. The van der Waals surface area contributed by atoms with Gasteiger partial charge in [-0.3, -0.25) is 24.0 Å². The Morgan fingerprint density at radius 3 is 1.84 bits per heavy atom. The molecule has 206 valence electrons. The van der Waals surface area contributed by atoms with Crippen LogP contribution in [0.3, 0.4) is 0 Å². The molecule has 2 rings (SSSR count). The zero-order valence-corrected chi connectivity index (χ0v) is 20.0. The van der Waals surface area contributed by atoms with Gasteiger partial charge in [0.15, 0.2) is 0 Å². The van der Waals surface area contributed by atoms with Crippen molar-refractivity contribution >= 4 is 35.6 Å². The lowest BCUT2D eigenvalue weighted by molar-refractivity contribution is -0.143. The number of carboxylic acids is 2. The van der Waals surface area contributed by atoms with E-state index in [1.807, 2.05) is 0 Å². The molecule has 2 aromatic rings. The zero-order chi connectivity index (χ0) is 28.2. The lowest BCUT2D eigenvalue weighted by atomic mass is 10.1. The van der Waals surface area contributed by atoms with Crippen LogP contribution in [0.2, 0.25) is 0 Å². The first-order valence-corrected chi connectivity index (χ1v) is 11.3. The maximum absolute atomic E-state index is 12.9. The monoisotopic (exact) mass is 535 g/mol. The fourth-order valence-electron chi connectivity index (χ4n) is 3.31. The van der Waals surface area contributed by atoms with E-state index in [1.54, 1.807) is 0 Å². The Kier molecular flexibility index (Phi) is 10.9. The lowest BCUT2D eigenvalue weighted by Crippen LogP contribution is -2.58. The van der Waals surface area contributed by atoms with Crippen LogP contribution < -0.4 is 27.4 Å². The maximum atomic E-state index is 12.9. The highest BCUT2D eigenvalue weighted by Gasteiger charge is 2.31. The van der Waals surface area contributed by atoms with Crippen LogP contribution >= 0.6 is 0 Å². The SMILES string of the molecule is NC(=O)CC(NC(=O)C(N)Cc1cnc[nH]1)C(=O)NC(CCC(=O)O)C(=O)NC(Cc1cnc[nH]1)C(=O)O. The second-order valence-electron chi connectivity index (χ2n) is 8.29. The van der Waals surface area contributed by atoms with Gasteiger partial charge in [0, 0.05) is 43.0 Å². The molecule has 2 heterocycles. The summed E-state index contributed by atoms with van der Waals surface area (Å²) in [6.07, 6.45) is 3.75. The number of carbonyl (C=O) groups excluding carboxylic acids is 4. The summed E-state index contributed by atoms with van der Waals surface area (Å²) in [7, 11) is 0. The molecular weight excluding hydrogens is 506 g/mol. The van der Waals surface area contributed by atoms with Crippen LogP contribution in [0.15, 0.2) is 25.0 Å². The van der Waals surface area contributed by atoms with Crippen molar-refractivity contribution in [1.29, 1.82) is 0 Å². The van der Waals surface area contributed by atoms with Crippen LogP contribution in [-0.2, 0) is 41.6 Å². The van der Waals surface area contributed by atoms with Crippen molar-refractivity contribution in [3.05, 3.63) is 36.4 Å². The maximum Gasteiger partial charge on any atom is 0.326 e. The highest BCUT2D eigenvalue weighted by Crippen LogP contribution is 2.05. The second-order valence-corrected chi connectivity index (χ2v) is 8.29. The molecule has 17 nitrogen and oxygen atoms in total. The van der Waals surface area contributed by atoms with E-state index in [2.05, 4.69) is 35.9 Å². The Labute approximate surface area is 215 Å². The number of nitrogens with zero attached hydrogens (tertiary/aromatic N) is 2. The number of nitrogens with one attached hydrogen (secondary N) is 5. The number of primary amides is 1. The average Bonchev–Trinajstić information content (AvgIpc) is 3.54. The van der Waals surface area contributed by atoms with E-state index in [1.165, 1.54) is 25.0 Å². The largest absolute Gasteiger partial charge is 0.481 e. The number of rotatable bonds is 16. The molecule has 0 bridgehead atoms. The van der Waals surface area contributed by atoms with Crippen molar-refractivity contribution in [3.63, 3.8) is 0 Å². The van der Waals surface area contributed by atoms with Gasteiger partial charge in [0.25, 0.3) is 0 Å². The van der Waals surface area contributed by atoms with E-state index < -0.39 is 79.0 Å². The number of aromatic amines is 2. The number of hydrogen-bond acceptors (Lipinski definition) is 9. The number of imidazole rings is 2. The van der Waals surface area contributed by atoms with E-state index in [4.69, 9.17) is 16.6 Å². The van der Waals surface area contributed by atoms with Crippen LogP contribution in [0, 0.1) is 0 Å². The summed E-state index contributed by atoms with van der Waals surface area (Å²) in [5.41, 5.74) is 12.0. The number of carbonyl (C=O) groups is 6. The first-order valence-electron chi connectivity index (χ1n) is 11.3. The van der Waals surface area contributed by atoms with Gasteiger partial charge in [0.1, 0.15) is 18.1 Å². The third kappa shape index (κ3) is 9.69. The first-order chi connectivity index (χ1) is 18.0. The van der Waals surface area contributed by atoms with Gasteiger partial charge in [-0.05, 0) is 6.42 Å². The van der Waals surface area contributed by atoms with Crippen molar-refractivity contribution in [3.8, 4) is 0 Å². The summed E-state index contributed by atoms with van der Waals surface area (Å²) in [5, 5.41) is 25.3. The van der Waals surface area contributed by atoms with E-state index in [9.17, 15) is 33.9 Å². The molecular formula is C21H29N9O8. The van der Waals surface area contributed by atoms with Crippen LogP contribution in [0.4, 0.5) is 0 Å². The van der Waals surface area contributed by atoms with E-state index >= 15 is 0 Å². The fraction of sp³-hybridized carbons (Fsp3) is 0.429. The summed E-state index contributed by atoms with van der Waals surface area (Å²) in [6.45, 7) is 0. The van der Waals surface area contributed by atoms with Crippen molar-refractivity contribution in [2.45, 2.75) is 56.3 Å². The zero-order valence-electron chi connectivity index (χ0n) is 20.0. The van der Waals surface area contributed by atoms with Crippen molar-refractivity contribution in [1.82, 2.24) is 35.9 Å². The molecule has 0 saturated carbocycles. The molecule has 0 aliphatic carbocycles. The number of carboxylic acid groups (broad SMARTS) is 2. The Hall–Kier alpha value is -4.80. The number of nitrogens with two attached hydrogens (primary N) is 2. The van der Waals surface area contributed by atoms with Crippen LogP contribution in [-0.4, -0.2) is 89.9 Å². The van der Waals surface area contributed by atoms with E-state index in [-0.39, 0.29) is 12.8 Å². The molecule has 38 heavy (non-hydrogen) atoms. The minimum atomic E-state index is -1.55. The first kappa shape index (κ1) is 29.4. The van der Waals surface area contributed by atoms with Gasteiger partial charge in [-0.1, -0.05) is 0 Å². The summed E-state index contributed by atoms with van der Waals surface area (Å²) in [6, 6.07) is -5.64. The standard InChI is InChI=1S/C21H29N9O8/c22-12(3-10-6-24-8-26-10)18(34)29-14(5-16(23)31)20(36)28-13(1-2-17(32)33)19(35)30-15(21(37)38)4-11-7-25-9-27-11/h6-9,12-15H,1-5,22H2,(H2,23,31)(H,24,26)(H,25,27)(H,28,36)(H,29,34)(H,30,35)(H,32,33)(H,37,38). The quantitative estimate of drug-likeness (QED) is 0.102. The number of aliphatic carboxylic acids is 2. The van der Waals surface area contributed by atoms with Gasteiger partial charge in [0.2, 0.25) is 23.6 Å². The van der Waals surface area contributed by atoms with Crippen molar-refractivity contribution < 1.29 is 39.0 Å². The molecule has 2 aromatic heterocycles. The molecule has 4 unspecified atom stereocenters. The molecule has 0 radical (unpaired) electrons. The minimum Gasteiger partial charge on any atom is -0.481 e. The van der Waals surface area contributed by atoms with E-state index in [0.29, 0.717) is 11.4 Å². The van der Waals surface area contributed by atoms with Gasteiger partial charge in [0.05, 0.1) is 25.1 Å². The average molecular weight is 536 g/mol. The van der Waals surface area contributed by atoms with Gasteiger partial charge in [-0.15, -0.1) is 0 Å². The number of H-pyrrole nitrogens is 2. The molecule has 11 N–H and O–H groups in total. The Morgan fingerprint density at radius 1 is 0.816 bits per heavy atom. The topological polar surface area (TPSA) is 288 Å². The molecule has 0 aliphatic heterocycles. The molecule has 4 amide bonds. The van der Waals surface area contributed by atoms with Crippen molar-refractivity contribution in [2.24, 2.45) is 11.5 Å². The summed E-state index contributed by atoms with van der Waals surface area (Å²) in [4.78, 5) is 85.7. The van der Waals surface area contributed by atoms with Gasteiger partial charge in [-0.2, -0.15) is 0 Å². The Bertz CT molecular complexity index is 1120. The molecule has 17 heteroatoms. The summed E-state index contributed by atoms with van der Waals surface area (Å²) >= 11 is 0. The minimum absolute atomic E-state index is 0.0350. The van der Waals surface area contributed by atoms with Gasteiger partial charge in [-0.25, -0.2) is 14.8 Å². The van der Waals surface area contributed by atoms with Crippen LogP contribution in [0.25, 0.3) is 0 Å². The highest BCUT2D eigenvalue weighted by atomic mass is 16.4. The van der Waals surface area contributed by atoms with Crippen LogP contribution in [0.1, 0.15) is 30.7 Å². The van der Waals surface area contributed by atoms with Gasteiger partial charge < -0.3 is 47.6 Å². The number of amides is 4. The molecule has 0 fully saturated rings. The smallest absolute Gasteiger partial charge is 0.326 e.